The summed E-state index contributed by atoms with van der Waals surface area (Å²) in [4.78, 5) is 50.2. The van der Waals surface area contributed by atoms with E-state index in [1.54, 1.807) is 29.7 Å². The lowest BCUT2D eigenvalue weighted by atomic mass is 9.78. The number of unbranched alkanes of at least 4 members (excludes halogenated alkanes) is 1. The summed E-state index contributed by atoms with van der Waals surface area (Å²) in [5.41, 5.74) is 4.82. The highest BCUT2D eigenvalue weighted by molar-refractivity contribution is 6.00. The zero-order chi connectivity index (χ0) is 43.4. The van der Waals surface area contributed by atoms with Gasteiger partial charge in [0.05, 0.1) is 35.7 Å². The summed E-state index contributed by atoms with van der Waals surface area (Å²) in [6.45, 7) is 16.4. The molecule has 1 amide bonds. The highest BCUT2D eigenvalue weighted by atomic mass is 16.7. The molecule has 0 spiro atoms. The number of carbonyl (C=O) groups excluding carboxylic acids is 3. The average molecular weight is 829 g/mol. The van der Waals surface area contributed by atoms with Gasteiger partial charge in [0.15, 0.2) is 17.7 Å². The smallest absolute Gasteiger partial charge is 0.410 e. The third-order valence-electron chi connectivity index (χ3n) is 12.7. The highest BCUT2D eigenvalue weighted by Gasteiger charge is 2.58. The number of aromatic nitrogens is 4. The second kappa shape index (κ2) is 19.3. The summed E-state index contributed by atoms with van der Waals surface area (Å²) < 4.78 is 33.2. The van der Waals surface area contributed by atoms with Crippen molar-refractivity contribution in [1.82, 2.24) is 35.1 Å². The fraction of sp³-hybridized carbons (Fsp3) is 0.762. The second-order valence-electron chi connectivity index (χ2n) is 17.6. The molecule has 2 unspecified atom stereocenters. The Morgan fingerprint density at radius 1 is 1.07 bits per heavy atom. The van der Waals surface area contributed by atoms with Gasteiger partial charge < -0.3 is 44.7 Å². The number of ether oxygens (including phenoxy) is 5. The Hall–Kier alpha value is -3.74. The molecule has 2 aromatic heterocycles. The first-order chi connectivity index (χ1) is 27.8. The van der Waals surface area contributed by atoms with Gasteiger partial charge in [-0.05, 0) is 105 Å². The molecule has 59 heavy (non-hydrogen) atoms. The molecule has 3 aliphatic rings. The molecule has 3 fully saturated rings. The Morgan fingerprint density at radius 3 is 2.44 bits per heavy atom. The molecule has 17 heteroatoms. The van der Waals surface area contributed by atoms with Gasteiger partial charge in [-0.1, -0.05) is 32.1 Å². The van der Waals surface area contributed by atoms with Crippen LogP contribution in [0.15, 0.2) is 24.4 Å². The number of nitrogens with one attached hydrogen (secondary N) is 1. The number of nitrogens with zero attached hydrogens (tertiary/aromatic N) is 6. The van der Waals surface area contributed by atoms with Gasteiger partial charge in [0.1, 0.15) is 29.6 Å². The fourth-order valence-electron chi connectivity index (χ4n) is 9.33. The zero-order valence-electron chi connectivity index (χ0n) is 36.8. The molecule has 3 aliphatic heterocycles. The van der Waals surface area contributed by atoms with Gasteiger partial charge in [-0.3, -0.25) is 19.2 Å². The number of Topliss-reactive ketones (excluding diaryl/α,β-unsaturated/α-hetero) is 1. The molecular weight excluding hydrogens is 761 g/mol. The van der Waals surface area contributed by atoms with E-state index in [0.29, 0.717) is 68.9 Å². The molecule has 0 bridgehead atoms. The molecule has 13 atom stereocenters. The molecule has 0 saturated carbocycles. The van der Waals surface area contributed by atoms with Gasteiger partial charge in [-0.25, -0.2) is 9.78 Å². The zero-order valence-corrected chi connectivity index (χ0v) is 36.8. The Kier molecular flexibility index (Phi) is 15.2. The van der Waals surface area contributed by atoms with Crippen LogP contribution in [0.3, 0.4) is 0 Å². The number of esters is 1. The van der Waals surface area contributed by atoms with E-state index < -0.39 is 71.5 Å². The van der Waals surface area contributed by atoms with Crippen molar-refractivity contribution in [2.24, 2.45) is 17.8 Å². The van der Waals surface area contributed by atoms with Crippen LogP contribution < -0.4 is 11.1 Å². The third kappa shape index (κ3) is 10.2. The number of cyclic esters (lactones) is 1. The number of pyridine rings is 1. The molecule has 17 nitrogen and oxygen atoms in total. The minimum atomic E-state index is -1.24. The van der Waals surface area contributed by atoms with E-state index >= 15 is 0 Å². The van der Waals surface area contributed by atoms with E-state index in [1.165, 1.54) is 6.92 Å². The first kappa shape index (κ1) is 46.3. The predicted molar refractivity (Wildman–Crippen MR) is 220 cm³/mol. The summed E-state index contributed by atoms with van der Waals surface area (Å²) in [6, 6.07) is 4.30. The monoisotopic (exact) mass is 829 g/mol. The third-order valence-corrected chi connectivity index (χ3v) is 12.7. The van der Waals surface area contributed by atoms with Crippen LogP contribution in [0, 0.1) is 17.8 Å². The number of anilines is 1. The standard InChI is InChI=1S/C42H68N8O9/c1-12-32-42(8)36(50(40(54)59-42)19-14-13-18-49-23-30(46-47-49)29-16-15-17-33(43)45-29)28(6)44-22-24(2)21-41(7,55-11)37(26(4)34(51)27(5)38(53)57-32)58-39-35(52)31(48(9)10)20-25(3)56-39/h15-17,23-28,31-32,35-37,39,44,52H,12-14,18-22H2,1-11H3,(H2,43,45)/t24-,25-,26-,27-,28-,31?,32-,35?,36-,37-,39+,41-,42-/m1/s1. The van der Waals surface area contributed by atoms with E-state index in [1.807, 2.05) is 71.9 Å². The number of amides is 1. The fourth-order valence-corrected chi connectivity index (χ4v) is 9.33. The maximum absolute atomic E-state index is 14.4. The average Bonchev–Trinajstić information content (AvgIpc) is 3.77. The number of aliphatic hydroxyl groups excluding tert-OH is 1. The summed E-state index contributed by atoms with van der Waals surface area (Å²) in [6.07, 6.45) is 0.0604. The van der Waals surface area contributed by atoms with E-state index in [2.05, 4.69) is 27.5 Å². The molecule has 0 aliphatic carbocycles. The van der Waals surface area contributed by atoms with Crippen LogP contribution in [-0.2, 0) is 39.8 Å². The van der Waals surface area contributed by atoms with Crippen LogP contribution in [0.25, 0.3) is 11.4 Å². The number of aryl methyl sites for hydroxylation is 1. The van der Waals surface area contributed by atoms with Gasteiger partial charge in [-0.2, -0.15) is 0 Å². The van der Waals surface area contributed by atoms with Crippen LogP contribution in [-0.4, -0.2) is 147 Å². The first-order valence-corrected chi connectivity index (χ1v) is 21.1. The summed E-state index contributed by atoms with van der Waals surface area (Å²) in [7, 11) is 5.39. The molecule has 0 aromatic carbocycles. The van der Waals surface area contributed by atoms with E-state index in [0.717, 1.165) is 0 Å². The lowest BCUT2D eigenvalue weighted by Crippen LogP contribution is -2.61. The van der Waals surface area contributed by atoms with Gasteiger partial charge >= 0.3 is 12.1 Å². The van der Waals surface area contributed by atoms with Gasteiger partial charge in [0, 0.05) is 38.2 Å². The molecule has 3 saturated heterocycles. The molecule has 0 radical (unpaired) electrons. The summed E-state index contributed by atoms with van der Waals surface area (Å²) >= 11 is 0. The van der Waals surface area contributed by atoms with Crippen LogP contribution in [0.2, 0.25) is 0 Å². The highest BCUT2D eigenvalue weighted by Crippen LogP contribution is 2.40. The lowest BCUT2D eigenvalue weighted by Gasteiger charge is -2.46. The molecule has 5 heterocycles. The van der Waals surface area contributed by atoms with E-state index in [4.69, 9.17) is 29.4 Å². The molecule has 2 aromatic rings. The maximum Gasteiger partial charge on any atom is 0.410 e. The number of aliphatic hydroxyl groups is 1. The number of nitrogens with two attached hydrogens (primary N) is 1. The summed E-state index contributed by atoms with van der Waals surface area (Å²) in [5, 5.41) is 23.6. The van der Waals surface area contributed by atoms with E-state index in [-0.39, 0.29) is 24.1 Å². The van der Waals surface area contributed by atoms with Crippen molar-refractivity contribution in [3.05, 3.63) is 24.4 Å². The Bertz CT molecular complexity index is 1750. The number of carbonyl (C=O) groups is 3. The van der Waals surface area contributed by atoms with Crippen molar-refractivity contribution < 1.29 is 43.2 Å². The topological polar surface area (TPSA) is 206 Å². The molecule has 5 rings (SSSR count). The van der Waals surface area contributed by atoms with Crippen molar-refractivity contribution >= 4 is 23.7 Å². The number of methoxy groups -OCH3 is 1. The normalized spacial score (nSPS) is 36.5. The summed E-state index contributed by atoms with van der Waals surface area (Å²) in [5.74, 6) is -2.78. The van der Waals surface area contributed by atoms with Crippen LogP contribution in [0.4, 0.5) is 10.6 Å². The van der Waals surface area contributed by atoms with Gasteiger partial charge in [-0.15, -0.1) is 5.10 Å². The molecule has 4 N–H and O–H groups in total. The SMILES string of the molecule is CC[C@H]1OC(=O)[C@H](C)C(=O)[C@@H](C)[C@@H](O[C@@H]2O[C@H](C)CC(N(C)C)C2O)[C@](C)(OC)C[C@@H](C)CN[C@H](C)[C@H]2N(CCCCn3cc(-c4cccc(N)n4)nn3)C(=O)O[C@]12C. The second-order valence-corrected chi connectivity index (χ2v) is 17.6. The number of hydrogen-bond acceptors (Lipinski definition) is 15. The van der Waals surface area contributed by atoms with Crippen LogP contribution in [0.1, 0.15) is 87.5 Å². The number of hydrogen-bond donors (Lipinski definition) is 3. The van der Waals surface area contributed by atoms with Crippen molar-refractivity contribution in [3.8, 4) is 11.4 Å². The number of fused-ring (bicyclic) bond motifs is 1. The lowest BCUT2D eigenvalue weighted by molar-refractivity contribution is -0.295. The quantitative estimate of drug-likeness (QED) is 0.168. The van der Waals surface area contributed by atoms with Gasteiger partial charge in [0.2, 0.25) is 0 Å². The van der Waals surface area contributed by atoms with Crippen molar-refractivity contribution in [2.45, 2.75) is 154 Å². The number of nitrogen functional groups attached to an aromatic ring is 1. The minimum absolute atomic E-state index is 0.0170. The van der Waals surface area contributed by atoms with Crippen molar-refractivity contribution in [2.75, 3.05) is 40.0 Å². The minimum Gasteiger partial charge on any atom is -0.458 e. The molecular formula is C42H68N8O9. The molecule has 330 valence electrons. The van der Waals surface area contributed by atoms with Crippen molar-refractivity contribution in [1.29, 1.82) is 0 Å². The Labute approximate surface area is 349 Å². The van der Waals surface area contributed by atoms with Crippen LogP contribution in [0.5, 0.6) is 0 Å². The Morgan fingerprint density at radius 2 is 1.78 bits per heavy atom. The first-order valence-electron chi connectivity index (χ1n) is 21.1. The largest absolute Gasteiger partial charge is 0.458 e. The maximum atomic E-state index is 14.4. The number of rotatable bonds is 11. The van der Waals surface area contributed by atoms with E-state index in [9.17, 15) is 19.5 Å². The van der Waals surface area contributed by atoms with Crippen LogP contribution >= 0.6 is 0 Å². The predicted octanol–water partition coefficient (Wildman–Crippen LogP) is 3.68. The Balaban J connectivity index is 1.38. The van der Waals surface area contributed by atoms with Gasteiger partial charge in [0.25, 0.3) is 0 Å². The van der Waals surface area contributed by atoms with Crippen molar-refractivity contribution in [3.63, 3.8) is 0 Å². The number of likely N-dealkylation sites (N-methyl/N-ethyl adjacent to an activating group) is 1. The number of ketones is 1.